The topological polar surface area (TPSA) is 55.2 Å². The molecule has 110 valence electrons. The summed E-state index contributed by atoms with van der Waals surface area (Å²) in [6.45, 7) is 2.23. The Balaban J connectivity index is 2.16. The third-order valence-electron chi connectivity index (χ3n) is 3.16. The summed E-state index contributed by atoms with van der Waals surface area (Å²) in [5.41, 5.74) is 2.12. The van der Waals surface area contributed by atoms with E-state index in [1.54, 1.807) is 18.2 Å². The minimum absolute atomic E-state index is 0.0905. The third-order valence-corrected chi connectivity index (χ3v) is 3.51. The van der Waals surface area contributed by atoms with E-state index >= 15 is 0 Å². The van der Waals surface area contributed by atoms with E-state index in [1.165, 1.54) is 18.2 Å². The summed E-state index contributed by atoms with van der Waals surface area (Å²) in [6, 6.07) is 9.15. The highest BCUT2D eigenvalue weighted by molar-refractivity contribution is 6.31. The second-order valence-electron chi connectivity index (χ2n) is 4.54. The van der Waals surface area contributed by atoms with Crippen LogP contribution < -0.4 is 5.32 Å². The smallest absolute Gasteiger partial charge is 0.274 e. The first-order valence-electron chi connectivity index (χ1n) is 6.46. The van der Waals surface area contributed by atoms with Crippen LogP contribution in [0.5, 0.6) is 0 Å². The van der Waals surface area contributed by atoms with Crippen molar-refractivity contribution in [1.82, 2.24) is 0 Å². The van der Waals surface area contributed by atoms with Gasteiger partial charge in [0.1, 0.15) is 5.82 Å². The number of halogens is 2. The second-order valence-corrected chi connectivity index (χ2v) is 4.95. The molecule has 0 aliphatic carbocycles. The Morgan fingerprint density at radius 2 is 1.95 bits per heavy atom. The quantitative estimate of drug-likeness (QED) is 0.650. The maximum absolute atomic E-state index is 13.0. The van der Waals surface area contributed by atoms with Gasteiger partial charge in [0.25, 0.3) is 5.69 Å². The molecule has 21 heavy (non-hydrogen) atoms. The normalized spacial score (nSPS) is 10.4. The molecular weight excluding hydrogens is 295 g/mol. The van der Waals surface area contributed by atoms with Gasteiger partial charge in [-0.1, -0.05) is 30.7 Å². The zero-order valence-corrected chi connectivity index (χ0v) is 12.2. The number of hydrogen-bond acceptors (Lipinski definition) is 3. The number of rotatable bonds is 5. The van der Waals surface area contributed by atoms with Crippen LogP contribution in [0.25, 0.3) is 0 Å². The molecular formula is C15H14ClFN2O2. The Morgan fingerprint density at radius 1 is 1.24 bits per heavy atom. The van der Waals surface area contributed by atoms with Crippen molar-refractivity contribution in [3.05, 3.63) is 68.5 Å². The van der Waals surface area contributed by atoms with Crippen LogP contribution in [-0.4, -0.2) is 4.92 Å². The van der Waals surface area contributed by atoms with Crippen LogP contribution in [0, 0.1) is 15.9 Å². The lowest BCUT2D eigenvalue weighted by Crippen LogP contribution is -2.02. The summed E-state index contributed by atoms with van der Waals surface area (Å²) in [5.74, 6) is -0.397. The molecule has 0 radical (unpaired) electrons. The number of nitro groups is 1. The van der Waals surface area contributed by atoms with E-state index in [4.69, 9.17) is 11.6 Å². The predicted octanol–water partition coefficient (Wildman–Crippen LogP) is 4.56. The number of anilines is 1. The van der Waals surface area contributed by atoms with Gasteiger partial charge in [-0.3, -0.25) is 10.1 Å². The highest BCUT2D eigenvalue weighted by Gasteiger charge is 2.13. The van der Waals surface area contributed by atoms with Crippen molar-refractivity contribution in [3.63, 3.8) is 0 Å². The summed E-state index contributed by atoms with van der Waals surface area (Å²) in [5, 5.41) is 14.4. The Morgan fingerprint density at radius 3 is 2.57 bits per heavy atom. The van der Waals surface area contributed by atoms with E-state index in [9.17, 15) is 14.5 Å². The van der Waals surface area contributed by atoms with Crippen LogP contribution in [0.15, 0.2) is 36.4 Å². The molecule has 0 aliphatic rings. The van der Waals surface area contributed by atoms with Gasteiger partial charge < -0.3 is 5.32 Å². The maximum atomic E-state index is 13.0. The van der Waals surface area contributed by atoms with Crippen molar-refractivity contribution in [2.24, 2.45) is 0 Å². The van der Waals surface area contributed by atoms with Gasteiger partial charge in [-0.25, -0.2) is 4.39 Å². The fraction of sp³-hybridized carbons (Fsp3) is 0.200. The first-order valence-corrected chi connectivity index (χ1v) is 6.84. The van der Waals surface area contributed by atoms with Gasteiger partial charge in [0.15, 0.2) is 0 Å². The minimum atomic E-state index is -0.397. The molecule has 0 heterocycles. The molecule has 0 spiro atoms. The summed E-state index contributed by atoms with van der Waals surface area (Å²) in [6.07, 6.45) is 0.598. The number of nitrogens with zero attached hydrogens (tertiary/aromatic N) is 1. The first kappa shape index (κ1) is 15.3. The molecule has 6 heteroatoms. The standard InChI is InChI=1S/C15H14ClFN2O2/c1-2-10-4-6-13(8-15(10)19(20)21)18-9-11-3-5-12(17)7-14(11)16/h3-8,18H,2,9H2,1H3. The number of nitro benzene ring substituents is 1. The molecule has 2 aromatic rings. The van der Waals surface area contributed by atoms with E-state index in [1.807, 2.05) is 6.92 Å². The highest BCUT2D eigenvalue weighted by atomic mass is 35.5. The third kappa shape index (κ3) is 3.70. The molecule has 0 amide bonds. The summed E-state index contributed by atoms with van der Waals surface area (Å²) in [7, 11) is 0. The van der Waals surface area contributed by atoms with Gasteiger partial charge in [-0.2, -0.15) is 0 Å². The van der Waals surface area contributed by atoms with Crippen LogP contribution in [0.3, 0.4) is 0 Å². The Labute approximate surface area is 126 Å². The van der Waals surface area contributed by atoms with Crippen molar-refractivity contribution < 1.29 is 9.31 Å². The van der Waals surface area contributed by atoms with Crippen LogP contribution in [0.4, 0.5) is 15.8 Å². The molecule has 0 bridgehead atoms. The lowest BCUT2D eigenvalue weighted by molar-refractivity contribution is -0.385. The summed E-state index contributed by atoms with van der Waals surface area (Å²) >= 11 is 5.94. The average Bonchev–Trinajstić information content (AvgIpc) is 2.46. The fourth-order valence-corrected chi connectivity index (χ4v) is 2.24. The predicted molar refractivity (Wildman–Crippen MR) is 81.2 cm³/mol. The van der Waals surface area contributed by atoms with Crippen molar-refractivity contribution in [3.8, 4) is 0 Å². The molecule has 0 atom stereocenters. The Hall–Kier alpha value is -2.14. The molecule has 0 aromatic heterocycles. The van der Waals surface area contributed by atoms with Gasteiger partial charge in [0.2, 0.25) is 0 Å². The van der Waals surface area contributed by atoms with Crippen molar-refractivity contribution in [2.45, 2.75) is 19.9 Å². The molecule has 0 saturated heterocycles. The Kier molecular flexibility index (Phi) is 4.75. The zero-order chi connectivity index (χ0) is 15.4. The van der Waals surface area contributed by atoms with Crippen LogP contribution >= 0.6 is 11.6 Å². The molecule has 1 N–H and O–H groups in total. The molecule has 0 saturated carbocycles. The molecule has 2 rings (SSSR count). The van der Waals surface area contributed by atoms with Crippen molar-refractivity contribution in [2.75, 3.05) is 5.32 Å². The van der Waals surface area contributed by atoms with Gasteiger partial charge in [0, 0.05) is 28.9 Å². The molecule has 0 aliphatic heterocycles. The molecule has 2 aromatic carbocycles. The van der Waals surface area contributed by atoms with E-state index in [0.717, 1.165) is 5.56 Å². The fourth-order valence-electron chi connectivity index (χ4n) is 2.01. The minimum Gasteiger partial charge on any atom is -0.381 e. The van der Waals surface area contributed by atoms with Crippen molar-refractivity contribution in [1.29, 1.82) is 0 Å². The average molecular weight is 309 g/mol. The van der Waals surface area contributed by atoms with E-state index in [0.29, 0.717) is 29.2 Å². The lowest BCUT2D eigenvalue weighted by atomic mass is 10.1. The molecule has 0 fully saturated rings. The zero-order valence-electron chi connectivity index (χ0n) is 11.4. The highest BCUT2D eigenvalue weighted by Crippen LogP contribution is 2.25. The van der Waals surface area contributed by atoms with Crippen molar-refractivity contribution >= 4 is 23.0 Å². The number of benzene rings is 2. The first-order chi connectivity index (χ1) is 10.0. The van der Waals surface area contributed by atoms with Gasteiger partial charge in [-0.05, 0) is 30.2 Å². The van der Waals surface area contributed by atoms with Gasteiger partial charge in [-0.15, -0.1) is 0 Å². The number of hydrogen-bond donors (Lipinski definition) is 1. The largest absolute Gasteiger partial charge is 0.381 e. The van der Waals surface area contributed by atoms with Gasteiger partial charge >= 0.3 is 0 Å². The van der Waals surface area contributed by atoms with E-state index in [2.05, 4.69) is 5.32 Å². The summed E-state index contributed by atoms with van der Waals surface area (Å²) in [4.78, 5) is 10.6. The summed E-state index contributed by atoms with van der Waals surface area (Å²) < 4.78 is 13.0. The number of nitrogens with one attached hydrogen (secondary N) is 1. The van der Waals surface area contributed by atoms with Crippen LogP contribution in [0.2, 0.25) is 5.02 Å². The van der Waals surface area contributed by atoms with Crippen LogP contribution in [-0.2, 0) is 13.0 Å². The van der Waals surface area contributed by atoms with Crippen LogP contribution in [0.1, 0.15) is 18.1 Å². The SMILES string of the molecule is CCc1ccc(NCc2ccc(F)cc2Cl)cc1[N+](=O)[O-]. The van der Waals surface area contributed by atoms with Gasteiger partial charge in [0.05, 0.1) is 4.92 Å². The lowest BCUT2D eigenvalue weighted by Gasteiger charge is -2.09. The monoisotopic (exact) mass is 308 g/mol. The number of aryl methyl sites for hydroxylation is 1. The van der Waals surface area contributed by atoms with E-state index < -0.39 is 10.7 Å². The Bertz CT molecular complexity index is 677. The maximum Gasteiger partial charge on any atom is 0.274 e. The molecule has 0 unspecified atom stereocenters. The van der Waals surface area contributed by atoms with E-state index in [-0.39, 0.29) is 5.69 Å². The second kappa shape index (κ2) is 6.54. The molecule has 4 nitrogen and oxygen atoms in total.